The van der Waals surface area contributed by atoms with Gasteiger partial charge in [0.2, 0.25) is 0 Å². The van der Waals surface area contributed by atoms with Crippen LogP contribution < -0.4 is 10.6 Å². The maximum Gasteiger partial charge on any atom is 0.320 e. The summed E-state index contributed by atoms with van der Waals surface area (Å²) in [6.07, 6.45) is 7.64. The lowest BCUT2D eigenvalue weighted by molar-refractivity contribution is 0.252. The molecule has 4 aromatic rings. The highest BCUT2D eigenvalue weighted by atomic mass is 19.1. The zero-order valence-electron chi connectivity index (χ0n) is 16.1. The largest absolute Gasteiger partial charge is 0.337 e. The third-order valence-electron chi connectivity index (χ3n) is 4.38. The highest BCUT2D eigenvalue weighted by molar-refractivity contribution is 5.88. The lowest BCUT2D eigenvalue weighted by atomic mass is 10.3. The first-order valence-corrected chi connectivity index (χ1v) is 9.43. The predicted octanol–water partition coefficient (Wildman–Crippen LogP) is 3.02. The molecule has 0 spiro atoms. The van der Waals surface area contributed by atoms with Gasteiger partial charge in [0.1, 0.15) is 5.82 Å². The molecule has 2 amide bonds. The Kier molecular flexibility index (Phi) is 5.79. The average Bonchev–Trinajstić information content (AvgIpc) is 3.39. The minimum absolute atomic E-state index is 0.288. The number of rotatable bonds is 7. The minimum Gasteiger partial charge on any atom is -0.337 e. The number of benzene rings is 1. The van der Waals surface area contributed by atoms with Crippen molar-refractivity contribution in [2.45, 2.75) is 13.0 Å². The molecule has 0 saturated heterocycles. The molecular formula is C21H20FN7O. The number of urea groups is 1. The Bertz CT molecular complexity index is 1110. The van der Waals surface area contributed by atoms with E-state index in [0.29, 0.717) is 25.3 Å². The standard InChI is InChI=1S/C21H20FN7O/c22-17-1-3-19(4-2-17)29-14-8-18(26-29)7-12-24-21(30)25-20-9-13-28(27-20)15-16-5-10-23-11-6-16/h1-6,8-11,13-14H,7,12,15H2,(H2,24,25,27,30). The monoisotopic (exact) mass is 405 g/mol. The van der Waals surface area contributed by atoms with E-state index in [0.717, 1.165) is 16.9 Å². The third kappa shape index (κ3) is 5.07. The molecule has 9 heteroatoms. The van der Waals surface area contributed by atoms with Gasteiger partial charge in [0.25, 0.3) is 0 Å². The molecule has 0 radical (unpaired) electrons. The Morgan fingerprint density at radius 3 is 2.57 bits per heavy atom. The fraction of sp³-hybridized carbons (Fsp3) is 0.143. The van der Waals surface area contributed by atoms with Gasteiger partial charge < -0.3 is 5.32 Å². The summed E-state index contributed by atoms with van der Waals surface area (Å²) in [6.45, 7) is 1.02. The molecule has 0 atom stereocenters. The fourth-order valence-corrected chi connectivity index (χ4v) is 2.89. The summed E-state index contributed by atoms with van der Waals surface area (Å²) in [7, 11) is 0. The molecule has 1 aromatic carbocycles. The molecule has 3 heterocycles. The van der Waals surface area contributed by atoms with Gasteiger partial charge in [0.15, 0.2) is 5.82 Å². The third-order valence-corrected chi connectivity index (χ3v) is 4.38. The zero-order valence-corrected chi connectivity index (χ0v) is 16.1. The van der Waals surface area contributed by atoms with Crippen molar-refractivity contribution < 1.29 is 9.18 Å². The Balaban J connectivity index is 1.23. The van der Waals surface area contributed by atoms with Crippen LogP contribution in [0.3, 0.4) is 0 Å². The summed E-state index contributed by atoms with van der Waals surface area (Å²) in [4.78, 5) is 16.1. The van der Waals surface area contributed by atoms with Gasteiger partial charge in [0.05, 0.1) is 17.9 Å². The van der Waals surface area contributed by atoms with Crippen LogP contribution in [0.15, 0.2) is 73.3 Å². The molecule has 0 unspecified atom stereocenters. The summed E-state index contributed by atoms with van der Waals surface area (Å²) < 4.78 is 16.4. The van der Waals surface area contributed by atoms with E-state index >= 15 is 0 Å². The highest BCUT2D eigenvalue weighted by Gasteiger charge is 2.06. The summed E-state index contributed by atoms with van der Waals surface area (Å²) in [6, 6.07) is 13.2. The smallest absolute Gasteiger partial charge is 0.320 e. The first kappa shape index (κ1) is 19.3. The van der Waals surface area contributed by atoms with Crippen molar-refractivity contribution in [3.8, 4) is 5.69 Å². The number of amides is 2. The molecule has 0 aliphatic rings. The van der Waals surface area contributed by atoms with E-state index in [1.807, 2.05) is 18.2 Å². The van der Waals surface area contributed by atoms with Gasteiger partial charge in [-0.25, -0.2) is 13.9 Å². The van der Waals surface area contributed by atoms with E-state index < -0.39 is 0 Å². The quantitative estimate of drug-likeness (QED) is 0.495. The van der Waals surface area contributed by atoms with Crippen LogP contribution in [0.2, 0.25) is 0 Å². The molecule has 2 N–H and O–H groups in total. The summed E-state index contributed by atoms with van der Waals surface area (Å²) >= 11 is 0. The van der Waals surface area contributed by atoms with Gasteiger partial charge in [-0.15, -0.1) is 0 Å². The van der Waals surface area contributed by atoms with Crippen LogP contribution >= 0.6 is 0 Å². The molecule has 0 aliphatic heterocycles. The Hall–Kier alpha value is -4.01. The van der Waals surface area contributed by atoms with E-state index in [2.05, 4.69) is 25.8 Å². The van der Waals surface area contributed by atoms with Crippen molar-refractivity contribution in [1.82, 2.24) is 29.9 Å². The second kappa shape index (κ2) is 8.99. The predicted molar refractivity (Wildman–Crippen MR) is 110 cm³/mol. The van der Waals surface area contributed by atoms with Gasteiger partial charge in [0, 0.05) is 43.8 Å². The SMILES string of the molecule is O=C(NCCc1ccn(-c2ccc(F)cc2)n1)Nc1ccn(Cc2ccncc2)n1. The summed E-state index contributed by atoms with van der Waals surface area (Å²) in [5.41, 5.74) is 2.67. The van der Waals surface area contributed by atoms with Crippen LogP contribution in [0, 0.1) is 5.82 Å². The van der Waals surface area contributed by atoms with Crippen LogP contribution in [-0.4, -0.2) is 37.1 Å². The Labute approximate surface area is 172 Å². The number of hydrogen-bond acceptors (Lipinski definition) is 4. The van der Waals surface area contributed by atoms with Gasteiger partial charge in [-0.1, -0.05) is 0 Å². The average molecular weight is 405 g/mol. The number of hydrogen-bond donors (Lipinski definition) is 2. The number of anilines is 1. The van der Waals surface area contributed by atoms with Crippen LogP contribution in [-0.2, 0) is 13.0 Å². The van der Waals surface area contributed by atoms with E-state index in [1.165, 1.54) is 12.1 Å². The normalized spacial score (nSPS) is 10.7. The Morgan fingerprint density at radius 1 is 0.967 bits per heavy atom. The molecule has 4 rings (SSSR count). The first-order chi connectivity index (χ1) is 14.7. The van der Waals surface area contributed by atoms with Crippen LogP contribution in [0.25, 0.3) is 5.69 Å². The molecule has 152 valence electrons. The lowest BCUT2D eigenvalue weighted by Crippen LogP contribution is -2.30. The number of aromatic nitrogens is 5. The first-order valence-electron chi connectivity index (χ1n) is 9.43. The number of carbonyl (C=O) groups is 1. The van der Waals surface area contributed by atoms with Crippen LogP contribution in [0.5, 0.6) is 0 Å². The van der Waals surface area contributed by atoms with Crippen molar-refractivity contribution in [3.05, 3.63) is 90.4 Å². The molecule has 0 bridgehead atoms. The van der Waals surface area contributed by atoms with E-state index in [1.54, 1.807) is 52.4 Å². The van der Waals surface area contributed by atoms with Crippen molar-refractivity contribution in [1.29, 1.82) is 0 Å². The van der Waals surface area contributed by atoms with Crippen LogP contribution in [0.1, 0.15) is 11.3 Å². The fourth-order valence-electron chi connectivity index (χ4n) is 2.89. The minimum atomic E-state index is -0.331. The van der Waals surface area contributed by atoms with Gasteiger partial charge in [-0.3, -0.25) is 15.0 Å². The molecule has 8 nitrogen and oxygen atoms in total. The van der Waals surface area contributed by atoms with Crippen molar-refractivity contribution in [2.24, 2.45) is 0 Å². The summed E-state index contributed by atoms with van der Waals surface area (Å²) in [5.74, 6) is 0.186. The van der Waals surface area contributed by atoms with Gasteiger partial charge >= 0.3 is 6.03 Å². The van der Waals surface area contributed by atoms with Crippen molar-refractivity contribution >= 4 is 11.8 Å². The number of nitrogens with one attached hydrogen (secondary N) is 2. The van der Waals surface area contributed by atoms with Crippen LogP contribution in [0.4, 0.5) is 15.0 Å². The van der Waals surface area contributed by atoms with Crippen molar-refractivity contribution in [3.63, 3.8) is 0 Å². The topological polar surface area (TPSA) is 89.7 Å². The number of pyridine rings is 1. The number of carbonyl (C=O) groups excluding carboxylic acids is 1. The number of halogens is 1. The molecular weight excluding hydrogens is 385 g/mol. The molecule has 0 aliphatic carbocycles. The number of nitrogens with zero attached hydrogens (tertiary/aromatic N) is 5. The lowest BCUT2D eigenvalue weighted by Gasteiger charge is -2.05. The second-order valence-electron chi connectivity index (χ2n) is 6.61. The van der Waals surface area contributed by atoms with Crippen molar-refractivity contribution in [2.75, 3.05) is 11.9 Å². The molecule has 3 aromatic heterocycles. The highest BCUT2D eigenvalue weighted by Crippen LogP contribution is 2.09. The maximum absolute atomic E-state index is 13.0. The maximum atomic E-state index is 13.0. The molecule has 0 fully saturated rings. The van der Waals surface area contributed by atoms with E-state index in [4.69, 9.17) is 0 Å². The Morgan fingerprint density at radius 2 is 1.77 bits per heavy atom. The molecule has 0 saturated carbocycles. The zero-order chi connectivity index (χ0) is 20.8. The van der Waals surface area contributed by atoms with E-state index in [-0.39, 0.29) is 11.8 Å². The second-order valence-corrected chi connectivity index (χ2v) is 6.61. The summed E-state index contributed by atoms with van der Waals surface area (Å²) in [5, 5.41) is 14.3. The molecule has 30 heavy (non-hydrogen) atoms. The van der Waals surface area contributed by atoms with E-state index in [9.17, 15) is 9.18 Å². The van der Waals surface area contributed by atoms with Gasteiger partial charge in [-0.2, -0.15) is 10.2 Å². The van der Waals surface area contributed by atoms with Gasteiger partial charge in [-0.05, 0) is 48.0 Å².